The van der Waals surface area contributed by atoms with Crippen LogP contribution in [0.5, 0.6) is 0 Å². The van der Waals surface area contributed by atoms with E-state index in [4.69, 9.17) is 19.9 Å². The Balaban J connectivity index is 1.03. The maximum Gasteiger partial charge on any atom is 0.165 e. The van der Waals surface area contributed by atoms with Crippen molar-refractivity contribution in [3.05, 3.63) is 229 Å². The van der Waals surface area contributed by atoms with E-state index in [-0.39, 0.29) is 0 Å². The third-order valence-corrected chi connectivity index (χ3v) is 15.7. The van der Waals surface area contributed by atoms with E-state index in [1.807, 2.05) is 30.0 Å². The summed E-state index contributed by atoms with van der Waals surface area (Å²) in [5.41, 5.74) is 13.1. The van der Waals surface area contributed by atoms with E-state index in [9.17, 15) is 0 Å². The molecule has 0 unspecified atom stereocenters. The summed E-state index contributed by atoms with van der Waals surface area (Å²) in [6.07, 6.45) is 0. The molecule has 12 aromatic rings. The lowest BCUT2D eigenvalue weighted by Gasteiger charge is -2.40. The Kier molecular flexibility index (Phi) is 7.97. The molecule has 3 aromatic heterocycles. The molecule has 65 heavy (non-hydrogen) atoms. The highest BCUT2D eigenvalue weighted by Crippen LogP contribution is 2.63. The average molecular weight is 863 g/mol. The third-order valence-electron chi connectivity index (χ3n) is 13.4. The standard InChI is InChI=1S/C59H34N4S2/c1-3-16-35(17-4-1)54-45-34-53-49(59(48-27-12-14-29-52(48)64-53)46-25-10-7-20-38(46)39-21-8-11-26-47(39)59)33-44(45)40-31-30-37(32-50(40)60-54)57-61-56(36-18-5-2-6-19-36)62-58(63-57)43-24-15-23-42-41-22-9-13-28-51(41)65-55(42)43/h1-34H. The Morgan fingerprint density at radius 2 is 0.954 bits per heavy atom. The van der Waals surface area contributed by atoms with Crippen LogP contribution in [0.1, 0.15) is 22.3 Å². The zero-order valence-electron chi connectivity index (χ0n) is 34.7. The SMILES string of the molecule is c1ccc(-c2nc(-c3ccc4c(c3)nc(-c3ccccc3)c3cc5c(cc34)C3(c4ccccc4S5)c4ccccc4-c4ccccc43)nc(-c3cccc4c3sc3ccccc34)n2)cc1. The lowest BCUT2D eigenvalue weighted by molar-refractivity contribution is 0.724. The smallest absolute Gasteiger partial charge is 0.165 e. The van der Waals surface area contributed by atoms with Gasteiger partial charge >= 0.3 is 0 Å². The van der Waals surface area contributed by atoms with Crippen LogP contribution in [0.25, 0.3) is 98.4 Å². The lowest BCUT2D eigenvalue weighted by atomic mass is 9.67. The number of benzene rings is 9. The summed E-state index contributed by atoms with van der Waals surface area (Å²) in [6, 6.07) is 74.3. The van der Waals surface area contributed by atoms with E-state index >= 15 is 0 Å². The number of nitrogens with zero attached hydrogens (tertiary/aromatic N) is 4. The number of hydrogen-bond donors (Lipinski definition) is 0. The second-order valence-corrected chi connectivity index (χ2v) is 19.0. The molecule has 0 amide bonds. The van der Waals surface area contributed by atoms with Crippen LogP contribution in [-0.2, 0) is 5.41 Å². The number of rotatable bonds is 4. The highest BCUT2D eigenvalue weighted by atomic mass is 32.2. The van der Waals surface area contributed by atoms with Crippen molar-refractivity contribution in [3.8, 4) is 56.5 Å². The third kappa shape index (κ3) is 5.39. The summed E-state index contributed by atoms with van der Waals surface area (Å²) in [7, 11) is 0. The molecule has 4 nitrogen and oxygen atoms in total. The molecule has 14 rings (SSSR count). The van der Waals surface area contributed by atoms with Gasteiger partial charge in [0.15, 0.2) is 17.5 Å². The van der Waals surface area contributed by atoms with Crippen molar-refractivity contribution in [2.45, 2.75) is 15.2 Å². The number of hydrogen-bond acceptors (Lipinski definition) is 6. The van der Waals surface area contributed by atoms with Crippen LogP contribution in [0, 0.1) is 0 Å². The summed E-state index contributed by atoms with van der Waals surface area (Å²) >= 11 is 3.65. The molecule has 0 saturated heterocycles. The number of fused-ring (bicyclic) bond motifs is 15. The summed E-state index contributed by atoms with van der Waals surface area (Å²) < 4.78 is 2.41. The first kappa shape index (κ1) is 36.7. The van der Waals surface area contributed by atoms with Crippen molar-refractivity contribution < 1.29 is 0 Å². The van der Waals surface area contributed by atoms with E-state index < -0.39 is 5.41 Å². The van der Waals surface area contributed by atoms with Gasteiger partial charge < -0.3 is 0 Å². The van der Waals surface area contributed by atoms with E-state index in [1.165, 1.54) is 63.3 Å². The van der Waals surface area contributed by atoms with Gasteiger partial charge in [0.05, 0.1) is 16.6 Å². The Morgan fingerprint density at radius 3 is 1.74 bits per heavy atom. The highest BCUT2D eigenvalue weighted by Gasteiger charge is 2.50. The van der Waals surface area contributed by atoms with Crippen LogP contribution in [0.15, 0.2) is 216 Å². The fraction of sp³-hybridized carbons (Fsp3) is 0.0169. The molecule has 0 saturated carbocycles. The zero-order valence-corrected chi connectivity index (χ0v) is 36.4. The van der Waals surface area contributed by atoms with Crippen molar-refractivity contribution in [2.24, 2.45) is 0 Å². The van der Waals surface area contributed by atoms with Crippen molar-refractivity contribution in [2.75, 3.05) is 0 Å². The van der Waals surface area contributed by atoms with Gasteiger partial charge in [-0.1, -0.05) is 182 Å². The van der Waals surface area contributed by atoms with Gasteiger partial charge in [0.25, 0.3) is 0 Å². The van der Waals surface area contributed by atoms with Crippen LogP contribution in [0.4, 0.5) is 0 Å². The van der Waals surface area contributed by atoms with Gasteiger partial charge in [0.2, 0.25) is 0 Å². The van der Waals surface area contributed by atoms with Crippen LogP contribution in [0.3, 0.4) is 0 Å². The minimum absolute atomic E-state index is 0.493. The number of aromatic nitrogens is 4. The molecule has 4 heterocycles. The quantitative estimate of drug-likeness (QED) is 0.165. The van der Waals surface area contributed by atoms with Crippen molar-refractivity contribution in [1.82, 2.24) is 19.9 Å². The summed E-state index contributed by atoms with van der Waals surface area (Å²) in [6.45, 7) is 0. The molecule has 0 atom stereocenters. The molecule has 2 aliphatic rings. The fourth-order valence-electron chi connectivity index (χ4n) is 10.6. The molecular weight excluding hydrogens is 829 g/mol. The Bertz CT molecular complexity index is 3890. The topological polar surface area (TPSA) is 51.6 Å². The van der Waals surface area contributed by atoms with Gasteiger partial charge in [-0.2, -0.15) is 0 Å². The Labute approximate surface area is 383 Å². The molecule has 9 aromatic carbocycles. The highest BCUT2D eigenvalue weighted by molar-refractivity contribution is 7.99. The van der Waals surface area contributed by atoms with E-state index in [1.54, 1.807) is 11.3 Å². The second kappa shape index (κ2) is 14.1. The number of pyridine rings is 1. The first-order valence-corrected chi connectivity index (χ1v) is 23.5. The van der Waals surface area contributed by atoms with Crippen LogP contribution in [0.2, 0.25) is 0 Å². The monoisotopic (exact) mass is 862 g/mol. The number of thiophene rings is 1. The second-order valence-electron chi connectivity index (χ2n) is 16.8. The molecule has 1 aliphatic heterocycles. The first-order valence-electron chi connectivity index (χ1n) is 21.9. The predicted octanol–water partition coefficient (Wildman–Crippen LogP) is 15.4. The molecule has 302 valence electrons. The molecule has 0 N–H and O–H groups in total. The van der Waals surface area contributed by atoms with E-state index in [2.05, 4.69) is 188 Å². The van der Waals surface area contributed by atoms with Gasteiger partial charge in [0.1, 0.15) is 0 Å². The van der Waals surface area contributed by atoms with Crippen LogP contribution in [-0.4, -0.2) is 19.9 Å². The molecule has 6 heteroatoms. The normalized spacial score (nSPS) is 13.3. The predicted molar refractivity (Wildman–Crippen MR) is 269 cm³/mol. The maximum atomic E-state index is 5.56. The largest absolute Gasteiger partial charge is 0.247 e. The zero-order chi connectivity index (χ0) is 42.6. The summed E-state index contributed by atoms with van der Waals surface area (Å²) in [4.78, 5) is 23.7. The van der Waals surface area contributed by atoms with Crippen molar-refractivity contribution in [1.29, 1.82) is 0 Å². The first-order chi connectivity index (χ1) is 32.2. The average Bonchev–Trinajstić information content (AvgIpc) is 3.90. The van der Waals surface area contributed by atoms with Gasteiger partial charge in [-0.05, 0) is 75.2 Å². The Morgan fingerprint density at radius 1 is 0.338 bits per heavy atom. The Hall–Kier alpha value is -7.77. The van der Waals surface area contributed by atoms with Gasteiger partial charge in [-0.25, -0.2) is 19.9 Å². The van der Waals surface area contributed by atoms with Gasteiger partial charge in [-0.15, -0.1) is 11.3 Å². The summed E-state index contributed by atoms with van der Waals surface area (Å²) in [5.74, 6) is 1.88. The van der Waals surface area contributed by atoms with Crippen LogP contribution >= 0.6 is 23.1 Å². The molecule has 0 fully saturated rings. The maximum absolute atomic E-state index is 5.56. The summed E-state index contributed by atoms with van der Waals surface area (Å²) in [5, 5.41) is 5.82. The molecular formula is C59H34N4S2. The molecule has 0 radical (unpaired) electrons. The lowest BCUT2D eigenvalue weighted by Crippen LogP contribution is -2.32. The minimum atomic E-state index is -0.493. The van der Waals surface area contributed by atoms with E-state index in [0.29, 0.717) is 17.5 Å². The van der Waals surface area contributed by atoms with E-state index in [0.717, 1.165) is 49.6 Å². The molecule has 1 spiro atoms. The minimum Gasteiger partial charge on any atom is -0.247 e. The molecule has 0 bridgehead atoms. The molecule has 1 aliphatic carbocycles. The van der Waals surface area contributed by atoms with Gasteiger partial charge in [0, 0.05) is 63.0 Å². The van der Waals surface area contributed by atoms with Crippen LogP contribution < -0.4 is 0 Å². The fourth-order valence-corrected chi connectivity index (χ4v) is 13.0. The van der Waals surface area contributed by atoms with Gasteiger partial charge in [-0.3, -0.25) is 0 Å². The van der Waals surface area contributed by atoms with Crippen molar-refractivity contribution >= 4 is 64.9 Å². The van der Waals surface area contributed by atoms with Crippen molar-refractivity contribution in [3.63, 3.8) is 0 Å².